The van der Waals surface area contributed by atoms with Crippen LogP contribution in [0.25, 0.3) is 0 Å². The molecule has 1 aromatic carbocycles. The van der Waals surface area contributed by atoms with Crippen LogP contribution in [-0.2, 0) is 6.54 Å². The standard InChI is InChI=1S/C11H11Cl2N3O/c1-6-2-8(16-17-6)5-15-11-9(12)3-7(14)4-10(11)13/h2-4,15H,5,14H2,1H3. The lowest BCUT2D eigenvalue weighted by molar-refractivity contribution is 0.391. The smallest absolute Gasteiger partial charge is 0.133 e. The van der Waals surface area contributed by atoms with Gasteiger partial charge in [0.05, 0.1) is 22.3 Å². The predicted octanol–water partition coefficient (Wildman–Crippen LogP) is 3.48. The van der Waals surface area contributed by atoms with E-state index in [9.17, 15) is 0 Å². The maximum Gasteiger partial charge on any atom is 0.133 e. The zero-order valence-corrected chi connectivity index (χ0v) is 10.6. The Labute approximate surface area is 109 Å². The van der Waals surface area contributed by atoms with Crippen molar-refractivity contribution in [2.24, 2.45) is 0 Å². The largest absolute Gasteiger partial charge is 0.399 e. The molecule has 0 unspecified atom stereocenters. The molecule has 0 amide bonds. The summed E-state index contributed by atoms with van der Waals surface area (Å²) in [4.78, 5) is 0. The molecule has 2 rings (SSSR count). The van der Waals surface area contributed by atoms with Gasteiger partial charge in [-0.2, -0.15) is 0 Å². The highest BCUT2D eigenvalue weighted by atomic mass is 35.5. The van der Waals surface area contributed by atoms with Gasteiger partial charge in [0.2, 0.25) is 0 Å². The van der Waals surface area contributed by atoms with E-state index in [1.54, 1.807) is 12.1 Å². The van der Waals surface area contributed by atoms with Crippen molar-refractivity contribution in [3.8, 4) is 0 Å². The lowest BCUT2D eigenvalue weighted by Gasteiger charge is -2.09. The van der Waals surface area contributed by atoms with E-state index in [0.29, 0.717) is 28.0 Å². The number of halogens is 2. The lowest BCUT2D eigenvalue weighted by atomic mass is 10.2. The highest BCUT2D eigenvalue weighted by Crippen LogP contribution is 2.33. The number of rotatable bonds is 3. The molecular formula is C11H11Cl2N3O. The van der Waals surface area contributed by atoms with Crippen LogP contribution < -0.4 is 11.1 Å². The van der Waals surface area contributed by atoms with Gasteiger partial charge in [0.1, 0.15) is 11.5 Å². The van der Waals surface area contributed by atoms with E-state index in [4.69, 9.17) is 33.5 Å². The van der Waals surface area contributed by atoms with Crippen LogP contribution in [0.3, 0.4) is 0 Å². The van der Waals surface area contributed by atoms with E-state index in [0.717, 1.165) is 11.5 Å². The van der Waals surface area contributed by atoms with Gasteiger partial charge in [-0.3, -0.25) is 0 Å². The van der Waals surface area contributed by atoms with Crippen molar-refractivity contribution < 1.29 is 4.52 Å². The van der Waals surface area contributed by atoms with Gasteiger partial charge in [0.25, 0.3) is 0 Å². The van der Waals surface area contributed by atoms with Crippen LogP contribution in [0.1, 0.15) is 11.5 Å². The Morgan fingerprint density at radius 3 is 2.47 bits per heavy atom. The van der Waals surface area contributed by atoms with E-state index < -0.39 is 0 Å². The van der Waals surface area contributed by atoms with E-state index in [-0.39, 0.29) is 0 Å². The van der Waals surface area contributed by atoms with E-state index in [1.165, 1.54) is 0 Å². The summed E-state index contributed by atoms with van der Waals surface area (Å²) >= 11 is 12.1. The van der Waals surface area contributed by atoms with Crippen LogP contribution in [0.15, 0.2) is 22.7 Å². The maximum atomic E-state index is 6.04. The first-order valence-electron chi connectivity index (χ1n) is 4.97. The Balaban J connectivity index is 2.14. The quantitative estimate of drug-likeness (QED) is 0.839. The SMILES string of the molecule is Cc1cc(CNc2c(Cl)cc(N)cc2Cl)no1. The second-order valence-electron chi connectivity index (χ2n) is 3.64. The van der Waals surface area contributed by atoms with Crippen LogP contribution in [0.2, 0.25) is 10.0 Å². The highest BCUT2D eigenvalue weighted by molar-refractivity contribution is 6.39. The third-order valence-electron chi connectivity index (χ3n) is 2.19. The fourth-order valence-electron chi connectivity index (χ4n) is 1.44. The third-order valence-corrected chi connectivity index (χ3v) is 2.78. The van der Waals surface area contributed by atoms with Crippen molar-refractivity contribution in [3.63, 3.8) is 0 Å². The first kappa shape index (κ1) is 12.1. The molecule has 0 aliphatic carbocycles. The molecule has 0 spiro atoms. The molecule has 0 saturated carbocycles. The topological polar surface area (TPSA) is 64.1 Å². The lowest BCUT2D eigenvalue weighted by Crippen LogP contribution is -2.01. The molecule has 17 heavy (non-hydrogen) atoms. The normalized spacial score (nSPS) is 10.5. The Kier molecular flexibility index (Phi) is 3.45. The summed E-state index contributed by atoms with van der Waals surface area (Å²) in [5, 5.41) is 7.92. The summed E-state index contributed by atoms with van der Waals surface area (Å²) in [6.07, 6.45) is 0. The number of aromatic nitrogens is 1. The van der Waals surface area contributed by atoms with Gasteiger partial charge < -0.3 is 15.6 Å². The summed E-state index contributed by atoms with van der Waals surface area (Å²) < 4.78 is 4.96. The number of hydrogen-bond donors (Lipinski definition) is 2. The number of nitrogens with one attached hydrogen (secondary N) is 1. The van der Waals surface area contributed by atoms with Crippen molar-refractivity contribution >= 4 is 34.6 Å². The number of hydrogen-bond acceptors (Lipinski definition) is 4. The molecule has 0 aliphatic rings. The molecule has 0 aliphatic heterocycles. The zero-order chi connectivity index (χ0) is 12.4. The van der Waals surface area contributed by atoms with Crippen LogP contribution in [-0.4, -0.2) is 5.16 Å². The Bertz CT molecular complexity index is 516. The maximum absolute atomic E-state index is 6.04. The first-order chi connectivity index (χ1) is 8.06. The number of anilines is 2. The molecule has 0 bridgehead atoms. The highest BCUT2D eigenvalue weighted by Gasteiger charge is 2.08. The molecule has 4 nitrogen and oxygen atoms in total. The fraction of sp³-hybridized carbons (Fsp3) is 0.182. The Hall–Kier alpha value is -1.39. The van der Waals surface area contributed by atoms with Gasteiger partial charge in [-0.25, -0.2) is 0 Å². The molecule has 3 N–H and O–H groups in total. The summed E-state index contributed by atoms with van der Waals surface area (Å²) in [5.74, 6) is 0.760. The predicted molar refractivity (Wildman–Crippen MR) is 69.4 cm³/mol. The third kappa shape index (κ3) is 2.84. The number of nitrogens with two attached hydrogens (primary N) is 1. The Morgan fingerprint density at radius 1 is 1.29 bits per heavy atom. The van der Waals surface area contributed by atoms with Gasteiger partial charge in [0.15, 0.2) is 0 Å². The number of benzene rings is 1. The van der Waals surface area contributed by atoms with Crippen molar-refractivity contribution in [2.45, 2.75) is 13.5 Å². The van der Waals surface area contributed by atoms with Gasteiger partial charge >= 0.3 is 0 Å². The number of nitrogens with zero attached hydrogens (tertiary/aromatic N) is 1. The molecule has 0 atom stereocenters. The second-order valence-corrected chi connectivity index (χ2v) is 4.46. The molecule has 90 valence electrons. The minimum absolute atomic E-state index is 0.482. The molecule has 0 fully saturated rings. The van der Waals surface area contributed by atoms with Crippen molar-refractivity contribution in [1.29, 1.82) is 0 Å². The molecule has 0 saturated heterocycles. The van der Waals surface area contributed by atoms with Gasteiger partial charge in [0, 0.05) is 11.8 Å². The monoisotopic (exact) mass is 271 g/mol. The van der Waals surface area contributed by atoms with Crippen LogP contribution in [0.4, 0.5) is 11.4 Å². The van der Waals surface area contributed by atoms with Crippen molar-refractivity contribution in [3.05, 3.63) is 39.7 Å². The first-order valence-corrected chi connectivity index (χ1v) is 5.72. The summed E-state index contributed by atoms with van der Waals surface area (Å²) in [6, 6.07) is 5.12. The minimum Gasteiger partial charge on any atom is -0.399 e. The van der Waals surface area contributed by atoms with Crippen molar-refractivity contribution in [2.75, 3.05) is 11.1 Å². The van der Waals surface area contributed by atoms with E-state index >= 15 is 0 Å². The Morgan fingerprint density at radius 2 is 1.94 bits per heavy atom. The summed E-state index contributed by atoms with van der Waals surface area (Å²) in [6.45, 7) is 2.32. The van der Waals surface area contributed by atoms with E-state index in [1.807, 2.05) is 13.0 Å². The molecule has 1 heterocycles. The molecule has 2 aromatic rings. The number of aryl methyl sites for hydroxylation is 1. The van der Waals surface area contributed by atoms with Crippen LogP contribution in [0.5, 0.6) is 0 Å². The van der Waals surface area contributed by atoms with Crippen molar-refractivity contribution in [1.82, 2.24) is 5.16 Å². The molecule has 6 heteroatoms. The molecule has 1 aromatic heterocycles. The number of nitrogen functional groups attached to an aromatic ring is 1. The van der Waals surface area contributed by atoms with Crippen LogP contribution >= 0.6 is 23.2 Å². The summed E-state index contributed by atoms with van der Waals surface area (Å²) in [5.41, 5.74) is 7.57. The van der Waals surface area contributed by atoms with E-state index in [2.05, 4.69) is 10.5 Å². The average Bonchev–Trinajstić information content (AvgIpc) is 2.62. The molecule has 0 radical (unpaired) electrons. The average molecular weight is 272 g/mol. The van der Waals surface area contributed by atoms with Gasteiger partial charge in [-0.1, -0.05) is 28.4 Å². The summed E-state index contributed by atoms with van der Waals surface area (Å²) in [7, 11) is 0. The fourth-order valence-corrected chi connectivity index (χ4v) is 2.08. The van der Waals surface area contributed by atoms with Crippen LogP contribution in [0, 0.1) is 6.92 Å². The van der Waals surface area contributed by atoms with Gasteiger partial charge in [-0.15, -0.1) is 0 Å². The molecular weight excluding hydrogens is 261 g/mol. The zero-order valence-electron chi connectivity index (χ0n) is 9.13. The minimum atomic E-state index is 0.482. The van der Waals surface area contributed by atoms with Gasteiger partial charge in [-0.05, 0) is 19.1 Å². The second kappa shape index (κ2) is 4.85.